The van der Waals surface area contributed by atoms with Gasteiger partial charge in [-0.25, -0.2) is 9.97 Å². The van der Waals surface area contributed by atoms with Crippen LogP contribution in [0.1, 0.15) is 30.0 Å². The van der Waals surface area contributed by atoms with Crippen LogP contribution in [0.5, 0.6) is 0 Å². The van der Waals surface area contributed by atoms with Gasteiger partial charge < -0.3 is 5.32 Å². The van der Waals surface area contributed by atoms with Crippen LogP contribution in [0.2, 0.25) is 0 Å². The van der Waals surface area contributed by atoms with Crippen molar-refractivity contribution in [1.29, 1.82) is 0 Å². The first-order valence-corrected chi connectivity index (χ1v) is 8.26. The molecule has 1 unspecified atom stereocenters. The molecule has 0 bridgehead atoms. The summed E-state index contributed by atoms with van der Waals surface area (Å²) in [5.41, 5.74) is 2.20. The molecule has 0 amide bonds. The highest BCUT2D eigenvalue weighted by Crippen LogP contribution is 2.25. The average molecular weight is 352 g/mol. The van der Waals surface area contributed by atoms with Crippen molar-refractivity contribution >= 4 is 27.7 Å². The van der Waals surface area contributed by atoms with Gasteiger partial charge in [0.15, 0.2) is 0 Å². The third-order valence-corrected chi connectivity index (χ3v) is 4.61. The molecule has 5 heteroatoms. The molecule has 0 aliphatic heterocycles. The maximum Gasteiger partial charge on any atom is 0.138 e. The van der Waals surface area contributed by atoms with E-state index in [1.165, 1.54) is 4.90 Å². The van der Waals surface area contributed by atoms with E-state index >= 15 is 0 Å². The summed E-state index contributed by atoms with van der Waals surface area (Å²) in [5, 5.41) is 3.22. The molecular formula is C15H18BrN3S. The number of nitrogens with one attached hydrogen (secondary N) is 1. The van der Waals surface area contributed by atoms with Gasteiger partial charge >= 0.3 is 0 Å². The summed E-state index contributed by atoms with van der Waals surface area (Å²) < 4.78 is 1.10. The zero-order valence-electron chi connectivity index (χ0n) is 11.9. The molecule has 1 aromatic heterocycles. The lowest BCUT2D eigenvalue weighted by atomic mass is 10.1. The highest BCUT2D eigenvalue weighted by molar-refractivity contribution is 9.10. The van der Waals surface area contributed by atoms with Gasteiger partial charge in [-0.15, -0.1) is 11.8 Å². The Morgan fingerprint density at radius 2 is 2.20 bits per heavy atom. The minimum atomic E-state index is 0.279. The van der Waals surface area contributed by atoms with Crippen molar-refractivity contribution in [3.63, 3.8) is 0 Å². The summed E-state index contributed by atoms with van der Waals surface area (Å²) in [7, 11) is 1.95. The molecule has 0 radical (unpaired) electrons. The SMILES string of the molecule is CNC(C)c1cnc(CSc2cccc(Br)c2)nc1C. The fraction of sp³-hybridized carbons (Fsp3) is 0.333. The zero-order valence-corrected chi connectivity index (χ0v) is 14.3. The summed E-state index contributed by atoms with van der Waals surface area (Å²) in [5.74, 6) is 1.66. The minimum Gasteiger partial charge on any atom is -0.313 e. The van der Waals surface area contributed by atoms with E-state index in [1.54, 1.807) is 11.8 Å². The van der Waals surface area contributed by atoms with Crippen molar-refractivity contribution in [3.8, 4) is 0 Å². The van der Waals surface area contributed by atoms with E-state index in [0.717, 1.165) is 27.3 Å². The van der Waals surface area contributed by atoms with Gasteiger partial charge in [-0.3, -0.25) is 0 Å². The number of rotatable bonds is 5. The highest BCUT2D eigenvalue weighted by Gasteiger charge is 2.09. The fourth-order valence-corrected chi connectivity index (χ4v) is 3.25. The fourth-order valence-electron chi connectivity index (χ4n) is 1.88. The van der Waals surface area contributed by atoms with Crippen LogP contribution < -0.4 is 5.32 Å². The summed E-state index contributed by atoms with van der Waals surface area (Å²) in [6, 6.07) is 8.55. The van der Waals surface area contributed by atoms with Crippen LogP contribution in [-0.2, 0) is 5.75 Å². The van der Waals surface area contributed by atoms with E-state index in [1.807, 2.05) is 32.3 Å². The van der Waals surface area contributed by atoms with Crippen LogP contribution in [0.25, 0.3) is 0 Å². The van der Waals surface area contributed by atoms with Crippen molar-refractivity contribution in [3.05, 3.63) is 52.0 Å². The van der Waals surface area contributed by atoms with Gasteiger partial charge in [-0.05, 0) is 39.1 Å². The number of nitrogens with zero attached hydrogens (tertiary/aromatic N) is 2. The first kappa shape index (κ1) is 15.5. The number of aryl methyl sites for hydroxylation is 1. The maximum atomic E-state index is 4.60. The zero-order chi connectivity index (χ0) is 14.5. The summed E-state index contributed by atoms with van der Waals surface area (Å²) in [6.45, 7) is 4.15. The molecule has 106 valence electrons. The predicted octanol–water partition coefficient (Wildman–Crippen LogP) is 4.12. The molecule has 0 fully saturated rings. The standard InChI is InChI=1S/C15H18BrN3S/c1-10(17-3)14-8-18-15(19-11(14)2)9-20-13-6-4-5-12(16)7-13/h4-8,10,17H,9H2,1-3H3. The van der Waals surface area contributed by atoms with Gasteiger partial charge in [0.25, 0.3) is 0 Å². The van der Waals surface area contributed by atoms with E-state index in [-0.39, 0.29) is 6.04 Å². The molecule has 3 nitrogen and oxygen atoms in total. The first-order chi connectivity index (χ1) is 9.60. The van der Waals surface area contributed by atoms with Gasteiger partial charge in [0, 0.05) is 32.9 Å². The van der Waals surface area contributed by atoms with Crippen molar-refractivity contribution in [1.82, 2.24) is 15.3 Å². The first-order valence-electron chi connectivity index (χ1n) is 6.48. The molecule has 0 aliphatic rings. The number of benzene rings is 1. The van der Waals surface area contributed by atoms with Gasteiger partial charge in [0.1, 0.15) is 5.82 Å². The smallest absolute Gasteiger partial charge is 0.138 e. The van der Waals surface area contributed by atoms with Gasteiger partial charge in [0.05, 0.1) is 5.75 Å². The lowest BCUT2D eigenvalue weighted by Gasteiger charge is -2.13. The van der Waals surface area contributed by atoms with Gasteiger partial charge in [-0.2, -0.15) is 0 Å². The third kappa shape index (κ3) is 4.04. The molecule has 2 rings (SSSR count). The van der Waals surface area contributed by atoms with Gasteiger partial charge in [-0.1, -0.05) is 22.0 Å². The Morgan fingerprint density at radius 1 is 1.40 bits per heavy atom. The van der Waals surface area contributed by atoms with E-state index in [4.69, 9.17) is 0 Å². The Kier molecular flexibility index (Phi) is 5.57. The van der Waals surface area contributed by atoms with Crippen LogP contribution in [0.15, 0.2) is 39.8 Å². The summed E-state index contributed by atoms with van der Waals surface area (Å²) in [4.78, 5) is 10.3. The lowest BCUT2D eigenvalue weighted by molar-refractivity contribution is 0.639. The maximum absolute atomic E-state index is 4.60. The number of thioether (sulfide) groups is 1. The van der Waals surface area contributed by atoms with E-state index < -0.39 is 0 Å². The number of halogens is 1. The van der Waals surface area contributed by atoms with Crippen LogP contribution >= 0.6 is 27.7 Å². The molecule has 2 aromatic rings. The van der Waals surface area contributed by atoms with E-state index in [0.29, 0.717) is 0 Å². The van der Waals surface area contributed by atoms with Crippen molar-refractivity contribution in [2.45, 2.75) is 30.5 Å². The Bertz CT molecular complexity index is 589. The molecule has 0 spiro atoms. The minimum absolute atomic E-state index is 0.279. The normalized spacial score (nSPS) is 12.4. The van der Waals surface area contributed by atoms with Crippen molar-refractivity contribution < 1.29 is 0 Å². The molecule has 1 atom stereocenters. The van der Waals surface area contributed by atoms with Crippen molar-refractivity contribution in [2.75, 3.05) is 7.05 Å². The monoisotopic (exact) mass is 351 g/mol. The van der Waals surface area contributed by atoms with Gasteiger partial charge in [0.2, 0.25) is 0 Å². The molecular weight excluding hydrogens is 334 g/mol. The largest absolute Gasteiger partial charge is 0.313 e. The summed E-state index contributed by atoms with van der Waals surface area (Å²) >= 11 is 5.23. The van der Waals surface area contributed by atoms with E-state index in [2.05, 4.69) is 50.3 Å². The number of aromatic nitrogens is 2. The molecule has 1 heterocycles. The van der Waals surface area contributed by atoms with E-state index in [9.17, 15) is 0 Å². The Labute approximate surface area is 132 Å². The predicted molar refractivity (Wildman–Crippen MR) is 87.9 cm³/mol. The molecule has 0 saturated heterocycles. The van der Waals surface area contributed by atoms with Crippen molar-refractivity contribution in [2.24, 2.45) is 0 Å². The van der Waals surface area contributed by atoms with Crippen LogP contribution in [0.4, 0.5) is 0 Å². The van der Waals surface area contributed by atoms with Crippen LogP contribution in [0, 0.1) is 6.92 Å². The lowest BCUT2D eigenvalue weighted by Crippen LogP contribution is -2.15. The second kappa shape index (κ2) is 7.20. The Balaban J connectivity index is 2.05. The number of hydrogen-bond donors (Lipinski definition) is 1. The second-order valence-corrected chi connectivity index (χ2v) is 6.55. The van der Waals surface area contributed by atoms with Crippen LogP contribution in [-0.4, -0.2) is 17.0 Å². The molecule has 0 saturated carbocycles. The summed E-state index contributed by atoms with van der Waals surface area (Å²) in [6.07, 6.45) is 1.93. The topological polar surface area (TPSA) is 37.8 Å². The number of hydrogen-bond acceptors (Lipinski definition) is 4. The molecule has 0 aliphatic carbocycles. The third-order valence-electron chi connectivity index (χ3n) is 3.13. The molecule has 1 aromatic carbocycles. The second-order valence-electron chi connectivity index (χ2n) is 4.58. The Morgan fingerprint density at radius 3 is 2.85 bits per heavy atom. The van der Waals surface area contributed by atoms with Crippen LogP contribution in [0.3, 0.4) is 0 Å². The molecule has 1 N–H and O–H groups in total. The highest BCUT2D eigenvalue weighted by atomic mass is 79.9. The Hall–Kier alpha value is -0.910. The average Bonchev–Trinajstić information content (AvgIpc) is 2.44. The molecule has 20 heavy (non-hydrogen) atoms. The quantitative estimate of drug-likeness (QED) is 0.822.